The Morgan fingerprint density at radius 2 is 1.83 bits per heavy atom. The van der Waals surface area contributed by atoms with Gasteiger partial charge in [-0.05, 0) is 35.4 Å². The maximum absolute atomic E-state index is 10.7. The van der Waals surface area contributed by atoms with E-state index >= 15 is 0 Å². The van der Waals surface area contributed by atoms with Gasteiger partial charge in [0, 0.05) is 17.3 Å². The van der Waals surface area contributed by atoms with Gasteiger partial charge in [0.2, 0.25) is 6.41 Å². The number of hydrogen-bond acceptors (Lipinski definition) is 3. The van der Waals surface area contributed by atoms with E-state index in [1.165, 1.54) is 0 Å². The van der Waals surface area contributed by atoms with Crippen molar-refractivity contribution in [2.45, 2.75) is 0 Å². The molecular formula is C18H15N3O2. The van der Waals surface area contributed by atoms with Gasteiger partial charge in [-0.3, -0.25) is 9.59 Å². The summed E-state index contributed by atoms with van der Waals surface area (Å²) in [7, 11) is 0. The van der Waals surface area contributed by atoms with E-state index in [0.717, 1.165) is 33.4 Å². The molecule has 0 saturated carbocycles. The van der Waals surface area contributed by atoms with Crippen molar-refractivity contribution < 1.29 is 9.59 Å². The monoisotopic (exact) mass is 305 g/mol. The maximum Gasteiger partial charge on any atom is 0.211 e. The molecule has 3 N–H and O–H groups in total. The average molecular weight is 305 g/mol. The van der Waals surface area contributed by atoms with Crippen LogP contribution in [0.2, 0.25) is 0 Å². The first kappa shape index (κ1) is 14.6. The molecule has 0 aliphatic carbocycles. The zero-order valence-electron chi connectivity index (χ0n) is 12.3. The van der Waals surface area contributed by atoms with Crippen molar-refractivity contribution >= 4 is 35.0 Å². The molecule has 3 aromatic rings. The third-order valence-corrected chi connectivity index (χ3v) is 3.58. The summed E-state index contributed by atoms with van der Waals surface area (Å²) in [6, 6.07) is 13.5. The van der Waals surface area contributed by atoms with Crippen molar-refractivity contribution in [3.8, 4) is 11.1 Å². The molecule has 0 unspecified atom stereocenters. The fourth-order valence-corrected chi connectivity index (χ4v) is 2.54. The van der Waals surface area contributed by atoms with Crippen LogP contribution in [-0.2, 0) is 9.59 Å². The minimum Gasteiger partial charge on any atom is -0.359 e. The van der Waals surface area contributed by atoms with Gasteiger partial charge in [0.15, 0.2) is 6.29 Å². The molecule has 0 radical (unpaired) electrons. The molecule has 23 heavy (non-hydrogen) atoms. The second kappa shape index (κ2) is 6.19. The van der Waals surface area contributed by atoms with E-state index < -0.39 is 0 Å². The van der Waals surface area contributed by atoms with Gasteiger partial charge in [0.1, 0.15) is 0 Å². The van der Waals surface area contributed by atoms with Crippen LogP contribution in [0.25, 0.3) is 22.0 Å². The zero-order chi connectivity index (χ0) is 16.2. The fourth-order valence-electron chi connectivity index (χ4n) is 2.54. The van der Waals surface area contributed by atoms with E-state index in [1.54, 1.807) is 0 Å². The number of benzene rings is 2. The number of amides is 1. The number of hydrogen-bond donors (Lipinski definition) is 3. The molecule has 3 rings (SSSR count). The number of rotatable bonds is 6. The fraction of sp³-hybridized carbons (Fsp3) is 0. The predicted molar refractivity (Wildman–Crippen MR) is 92.2 cm³/mol. The van der Waals surface area contributed by atoms with Gasteiger partial charge in [-0.1, -0.05) is 24.8 Å². The number of aromatic amines is 1. The van der Waals surface area contributed by atoms with E-state index in [9.17, 15) is 9.59 Å². The molecule has 1 aromatic heterocycles. The van der Waals surface area contributed by atoms with Crippen molar-refractivity contribution in [3.63, 3.8) is 0 Å². The Morgan fingerprint density at radius 1 is 1.04 bits per heavy atom. The largest absolute Gasteiger partial charge is 0.359 e. The first-order chi connectivity index (χ1) is 11.2. The summed E-state index contributed by atoms with van der Waals surface area (Å²) in [5.74, 6) is 0. The quantitative estimate of drug-likeness (QED) is 0.482. The summed E-state index contributed by atoms with van der Waals surface area (Å²) in [6.45, 7) is 3.59. The molecule has 1 heterocycles. The average Bonchev–Trinajstić information content (AvgIpc) is 3.06. The Morgan fingerprint density at radius 3 is 2.52 bits per heavy atom. The normalized spacial score (nSPS) is 10.3. The number of allylic oxidation sites excluding steroid dienone is 1. The third-order valence-electron chi connectivity index (χ3n) is 3.58. The summed E-state index contributed by atoms with van der Waals surface area (Å²) in [5, 5.41) is 6.62. The van der Waals surface area contributed by atoms with Crippen LogP contribution in [0, 0.1) is 0 Å². The van der Waals surface area contributed by atoms with Crippen LogP contribution in [0.15, 0.2) is 60.9 Å². The molecule has 0 fully saturated rings. The molecule has 0 aliphatic heterocycles. The lowest BCUT2D eigenvalue weighted by Gasteiger charge is -2.09. The highest BCUT2D eigenvalue weighted by Crippen LogP contribution is 2.33. The molecule has 0 bridgehead atoms. The Balaban J connectivity index is 1.99. The van der Waals surface area contributed by atoms with Crippen LogP contribution in [0.3, 0.4) is 0 Å². The van der Waals surface area contributed by atoms with Crippen LogP contribution < -0.4 is 10.6 Å². The smallest absolute Gasteiger partial charge is 0.211 e. The minimum absolute atomic E-state index is 0.315. The first-order valence-electron chi connectivity index (χ1n) is 7.05. The van der Waals surface area contributed by atoms with Crippen LogP contribution in [-0.4, -0.2) is 17.7 Å². The molecule has 1 amide bonds. The molecular weight excluding hydrogens is 290 g/mol. The molecule has 114 valence electrons. The zero-order valence-corrected chi connectivity index (χ0v) is 12.3. The lowest BCUT2D eigenvalue weighted by molar-refractivity contribution is -0.105. The molecule has 0 saturated heterocycles. The molecule has 0 aliphatic rings. The number of aldehydes is 1. The van der Waals surface area contributed by atoms with Crippen LogP contribution in [0.5, 0.6) is 0 Å². The summed E-state index contributed by atoms with van der Waals surface area (Å²) in [6.07, 6.45) is 3.18. The van der Waals surface area contributed by atoms with Gasteiger partial charge in [-0.15, -0.1) is 0 Å². The van der Waals surface area contributed by atoms with E-state index in [0.29, 0.717) is 18.4 Å². The van der Waals surface area contributed by atoms with Gasteiger partial charge in [0.05, 0.1) is 16.9 Å². The summed E-state index contributed by atoms with van der Waals surface area (Å²) in [5.41, 5.74) is 4.83. The number of H-pyrrole nitrogens is 1. The number of nitrogens with one attached hydrogen (secondary N) is 3. The van der Waals surface area contributed by atoms with Crippen molar-refractivity contribution in [2.24, 2.45) is 0 Å². The standard InChI is InChI=1S/C18H15N3O2/c1-12(10-22)21-14-4-2-13(3-5-14)15-6-7-17(20-11-23)18-16(15)8-9-19-18/h2-11,19,21H,1H2,(H,20,23). The minimum atomic E-state index is 0.315. The number of anilines is 2. The first-order valence-corrected chi connectivity index (χ1v) is 7.05. The second-order valence-electron chi connectivity index (χ2n) is 5.03. The van der Waals surface area contributed by atoms with Crippen LogP contribution >= 0.6 is 0 Å². The highest BCUT2D eigenvalue weighted by atomic mass is 16.1. The van der Waals surface area contributed by atoms with Crippen LogP contribution in [0.4, 0.5) is 11.4 Å². The lowest BCUT2D eigenvalue weighted by Crippen LogP contribution is -1.98. The van der Waals surface area contributed by atoms with E-state index in [-0.39, 0.29) is 0 Å². The molecule has 0 spiro atoms. The van der Waals surface area contributed by atoms with Gasteiger partial charge in [-0.2, -0.15) is 0 Å². The summed E-state index contributed by atoms with van der Waals surface area (Å²) < 4.78 is 0. The number of fused-ring (bicyclic) bond motifs is 1. The van der Waals surface area contributed by atoms with Crippen molar-refractivity contribution in [1.82, 2.24) is 4.98 Å². The predicted octanol–water partition coefficient (Wildman–Crippen LogP) is 3.53. The molecule has 5 heteroatoms. The van der Waals surface area contributed by atoms with Gasteiger partial charge >= 0.3 is 0 Å². The Hall–Kier alpha value is -3.34. The summed E-state index contributed by atoms with van der Waals surface area (Å²) >= 11 is 0. The highest BCUT2D eigenvalue weighted by Gasteiger charge is 2.08. The Kier molecular flexibility index (Phi) is 3.93. The van der Waals surface area contributed by atoms with E-state index in [4.69, 9.17) is 0 Å². The lowest BCUT2D eigenvalue weighted by atomic mass is 10.0. The number of carbonyl (C=O) groups is 2. The third kappa shape index (κ3) is 2.85. The maximum atomic E-state index is 10.7. The highest BCUT2D eigenvalue weighted by molar-refractivity contribution is 6.03. The number of aromatic nitrogens is 1. The van der Waals surface area contributed by atoms with Gasteiger partial charge in [-0.25, -0.2) is 0 Å². The molecule has 0 atom stereocenters. The Bertz CT molecular complexity index is 879. The van der Waals surface area contributed by atoms with Gasteiger partial charge < -0.3 is 15.6 Å². The second-order valence-corrected chi connectivity index (χ2v) is 5.03. The van der Waals surface area contributed by atoms with Crippen molar-refractivity contribution in [1.29, 1.82) is 0 Å². The van der Waals surface area contributed by atoms with Crippen LogP contribution in [0.1, 0.15) is 0 Å². The molecule has 2 aromatic carbocycles. The van der Waals surface area contributed by atoms with E-state index in [1.807, 2.05) is 48.7 Å². The van der Waals surface area contributed by atoms with Gasteiger partial charge in [0.25, 0.3) is 0 Å². The SMILES string of the molecule is C=C(C=O)Nc1ccc(-c2ccc(NC=O)c3[nH]ccc23)cc1. The summed E-state index contributed by atoms with van der Waals surface area (Å²) in [4.78, 5) is 24.4. The van der Waals surface area contributed by atoms with Crippen molar-refractivity contribution in [3.05, 3.63) is 60.9 Å². The van der Waals surface area contributed by atoms with E-state index in [2.05, 4.69) is 22.2 Å². The van der Waals surface area contributed by atoms with Crippen molar-refractivity contribution in [2.75, 3.05) is 10.6 Å². The Labute approximate surface area is 133 Å². The number of carbonyl (C=O) groups excluding carboxylic acids is 2. The molecule has 5 nitrogen and oxygen atoms in total. The topological polar surface area (TPSA) is 74.0 Å².